The van der Waals surface area contributed by atoms with E-state index in [1.165, 1.54) is 33.7 Å². The van der Waals surface area contributed by atoms with Crippen LogP contribution in [-0.4, -0.2) is 20.5 Å². The fourth-order valence-corrected chi connectivity index (χ4v) is 4.62. The number of carbonyl (C=O) groups is 1. The Bertz CT molecular complexity index is 1260. The number of hydrogen-bond donors (Lipinski definition) is 1. The van der Waals surface area contributed by atoms with Crippen molar-refractivity contribution < 1.29 is 4.79 Å². The number of para-hydroxylation sites is 1. The van der Waals surface area contributed by atoms with Gasteiger partial charge in [-0.15, -0.1) is 11.8 Å². The summed E-state index contributed by atoms with van der Waals surface area (Å²) in [7, 11) is 0. The second-order valence-corrected chi connectivity index (χ2v) is 8.79. The van der Waals surface area contributed by atoms with Crippen molar-refractivity contribution in [3.8, 4) is 0 Å². The minimum Gasteiger partial charge on any atom is -0.321 e. The molecule has 2 aromatic heterocycles. The third-order valence-corrected chi connectivity index (χ3v) is 6.63. The number of hydrogen-bond acceptors (Lipinski definition) is 6. The molecule has 8 heteroatoms. The highest BCUT2D eigenvalue weighted by Crippen LogP contribution is 2.30. The molecule has 6 nitrogen and oxygen atoms in total. The van der Waals surface area contributed by atoms with Crippen LogP contribution in [0.5, 0.6) is 0 Å². The first kappa shape index (κ1) is 20.3. The number of nitrogens with zero attached hydrogens (tertiary/aromatic N) is 3. The lowest BCUT2D eigenvalue weighted by Crippen LogP contribution is -2.15. The lowest BCUT2D eigenvalue weighted by molar-refractivity contribution is 0.102. The van der Waals surface area contributed by atoms with Crippen LogP contribution in [0.3, 0.4) is 0 Å². The van der Waals surface area contributed by atoms with E-state index in [9.17, 15) is 9.59 Å². The second kappa shape index (κ2) is 8.81. The molecule has 0 bridgehead atoms. The van der Waals surface area contributed by atoms with Crippen LogP contribution in [0.1, 0.15) is 33.5 Å². The van der Waals surface area contributed by atoms with Crippen molar-refractivity contribution in [3.05, 3.63) is 86.8 Å². The summed E-state index contributed by atoms with van der Waals surface area (Å²) in [5.41, 5.74) is 2.97. The van der Waals surface area contributed by atoms with Gasteiger partial charge in [0.05, 0.1) is 11.4 Å². The van der Waals surface area contributed by atoms with Gasteiger partial charge in [0.2, 0.25) is 4.96 Å². The minimum absolute atomic E-state index is 0.155. The predicted octanol–water partition coefficient (Wildman–Crippen LogP) is 4.57. The van der Waals surface area contributed by atoms with E-state index in [2.05, 4.69) is 15.4 Å². The molecule has 0 saturated heterocycles. The Morgan fingerprint density at radius 1 is 1.17 bits per heavy atom. The molecule has 152 valence electrons. The summed E-state index contributed by atoms with van der Waals surface area (Å²) in [6.07, 6.45) is 0.769. The van der Waals surface area contributed by atoms with Gasteiger partial charge in [-0.05, 0) is 37.6 Å². The lowest BCUT2D eigenvalue weighted by atomic mass is 10.1. The van der Waals surface area contributed by atoms with E-state index in [0.29, 0.717) is 22.0 Å². The lowest BCUT2D eigenvalue weighted by Gasteiger charge is -2.11. The van der Waals surface area contributed by atoms with Crippen molar-refractivity contribution in [3.63, 3.8) is 0 Å². The van der Waals surface area contributed by atoms with Gasteiger partial charge in [-0.25, -0.2) is 4.98 Å². The Kier molecular flexibility index (Phi) is 5.96. The van der Waals surface area contributed by atoms with Gasteiger partial charge in [0.1, 0.15) is 5.01 Å². The first-order valence-corrected chi connectivity index (χ1v) is 11.3. The molecule has 4 aromatic rings. The average molecular weight is 437 g/mol. The zero-order valence-corrected chi connectivity index (χ0v) is 18.2. The molecule has 4 rings (SSSR count). The first-order valence-electron chi connectivity index (χ1n) is 9.52. The van der Waals surface area contributed by atoms with E-state index >= 15 is 0 Å². The van der Waals surface area contributed by atoms with E-state index < -0.39 is 0 Å². The summed E-state index contributed by atoms with van der Waals surface area (Å²) in [6, 6.07) is 16.6. The summed E-state index contributed by atoms with van der Waals surface area (Å²) < 4.78 is 1.35. The van der Waals surface area contributed by atoms with Gasteiger partial charge in [0, 0.05) is 22.3 Å². The highest BCUT2D eigenvalue weighted by Gasteiger charge is 2.12. The molecule has 0 aliphatic carbocycles. The van der Waals surface area contributed by atoms with Gasteiger partial charge in [-0.3, -0.25) is 9.59 Å². The predicted molar refractivity (Wildman–Crippen MR) is 122 cm³/mol. The van der Waals surface area contributed by atoms with Gasteiger partial charge in [0.15, 0.2) is 0 Å². The molecular weight excluding hydrogens is 416 g/mol. The van der Waals surface area contributed by atoms with Crippen molar-refractivity contribution >= 4 is 39.7 Å². The number of aromatic nitrogens is 3. The number of carbonyl (C=O) groups excluding carboxylic acids is 1. The summed E-state index contributed by atoms with van der Waals surface area (Å²) >= 11 is 2.96. The maximum atomic E-state index is 12.6. The van der Waals surface area contributed by atoms with Crippen LogP contribution in [-0.2, 0) is 12.2 Å². The second-order valence-electron chi connectivity index (χ2n) is 6.73. The number of thioether (sulfide) groups is 1. The number of rotatable bonds is 6. The van der Waals surface area contributed by atoms with Crippen LogP contribution >= 0.6 is 23.1 Å². The molecule has 30 heavy (non-hydrogen) atoms. The van der Waals surface area contributed by atoms with E-state index in [4.69, 9.17) is 0 Å². The molecule has 0 aliphatic rings. The van der Waals surface area contributed by atoms with Gasteiger partial charge < -0.3 is 5.32 Å². The Morgan fingerprint density at radius 2 is 1.93 bits per heavy atom. The topological polar surface area (TPSA) is 76.4 Å². The van der Waals surface area contributed by atoms with Crippen LogP contribution in [0.15, 0.2) is 64.3 Å². The SMILES string of the molecule is CCc1nn2c(=O)cc(CSc3ccccc3NC(=O)c3ccc(C)cc3)nc2s1. The zero-order valence-electron chi connectivity index (χ0n) is 16.6. The van der Waals surface area contributed by atoms with Crippen LogP contribution in [0, 0.1) is 6.92 Å². The molecular formula is C22H20N4O2S2. The molecule has 1 N–H and O–H groups in total. The van der Waals surface area contributed by atoms with Crippen molar-refractivity contribution in [2.24, 2.45) is 0 Å². The zero-order chi connectivity index (χ0) is 21.1. The average Bonchev–Trinajstić information content (AvgIpc) is 3.17. The Balaban J connectivity index is 1.52. The Labute approximate surface area is 182 Å². The fourth-order valence-electron chi connectivity index (χ4n) is 2.86. The summed E-state index contributed by atoms with van der Waals surface area (Å²) in [5.74, 6) is 0.361. The third kappa shape index (κ3) is 4.44. The van der Waals surface area contributed by atoms with Crippen LogP contribution in [0.4, 0.5) is 5.69 Å². The number of fused-ring (bicyclic) bond motifs is 1. The molecule has 0 unspecified atom stereocenters. The van der Waals surface area contributed by atoms with Crippen molar-refractivity contribution in [1.82, 2.24) is 14.6 Å². The molecule has 0 aliphatic heterocycles. The van der Waals surface area contributed by atoms with Crippen molar-refractivity contribution in [2.75, 3.05) is 5.32 Å². The van der Waals surface area contributed by atoms with Crippen molar-refractivity contribution in [1.29, 1.82) is 0 Å². The third-order valence-electron chi connectivity index (χ3n) is 4.47. The number of aryl methyl sites for hydroxylation is 2. The highest BCUT2D eigenvalue weighted by molar-refractivity contribution is 7.98. The standard InChI is InChI=1S/C22H20N4O2S2/c1-3-19-25-26-20(27)12-16(23-22(26)30-19)13-29-18-7-5-4-6-17(18)24-21(28)15-10-8-14(2)9-11-15/h4-12H,3,13H2,1-2H3,(H,24,28). The normalized spacial score (nSPS) is 11.0. The minimum atomic E-state index is -0.174. The summed E-state index contributed by atoms with van der Waals surface area (Å²) in [5, 5.41) is 8.14. The fraction of sp³-hybridized carbons (Fsp3) is 0.182. The Hall–Kier alpha value is -2.97. The van der Waals surface area contributed by atoms with Crippen LogP contribution in [0.2, 0.25) is 0 Å². The molecule has 2 aromatic carbocycles. The first-order chi connectivity index (χ1) is 14.5. The summed E-state index contributed by atoms with van der Waals surface area (Å²) in [4.78, 5) is 31.0. The summed E-state index contributed by atoms with van der Waals surface area (Å²) in [6.45, 7) is 3.99. The largest absolute Gasteiger partial charge is 0.321 e. The highest BCUT2D eigenvalue weighted by atomic mass is 32.2. The molecule has 0 spiro atoms. The van der Waals surface area contributed by atoms with Crippen LogP contribution < -0.4 is 10.9 Å². The van der Waals surface area contributed by atoms with Crippen LogP contribution in [0.25, 0.3) is 4.96 Å². The maximum absolute atomic E-state index is 12.6. The smallest absolute Gasteiger partial charge is 0.275 e. The molecule has 0 atom stereocenters. The van der Waals surface area contributed by atoms with Gasteiger partial charge in [0.25, 0.3) is 11.5 Å². The maximum Gasteiger partial charge on any atom is 0.275 e. The van der Waals surface area contributed by atoms with Gasteiger partial charge in [-0.1, -0.05) is 48.1 Å². The number of benzene rings is 2. The van der Waals surface area contributed by atoms with Gasteiger partial charge in [-0.2, -0.15) is 9.61 Å². The monoisotopic (exact) mass is 436 g/mol. The Morgan fingerprint density at radius 3 is 2.70 bits per heavy atom. The number of anilines is 1. The number of nitrogens with one attached hydrogen (secondary N) is 1. The molecule has 0 fully saturated rings. The quantitative estimate of drug-likeness (QED) is 0.448. The van der Waals surface area contributed by atoms with Crippen molar-refractivity contribution in [2.45, 2.75) is 30.9 Å². The van der Waals surface area contributed by atoms with E-state index in [1.54, 1.807) is 0 Å². The van der Waals surface area contributed by atoms with E-state index in [1.807, 2.05) is 62.4 Å². The molecule has 0 radical (unpaired) electrons. The molecule has 2 heterocycles. The number of amides is 1. The molecule has 0 saturated carbocycles. The van der Waals surface area contributed by atoms with E-state index in [-0.39, 0.29) is 11.5 Å². The van der Waals surface area contributed by atoms with Gasteiger partial charge >= 0.3 is 0 Å². The molecule has 1 amide bonds. The van der Waals surface area contributed by atoms with E-state index in [0.717, 1.165) is 27.6 Å².